The van der Waals surface area contributed by atoms with Crippen LogP contribution < -0.4 is 14.8 Å². The van der Waals surface area contributed by atoms with Crippen LogP contribution in [0.25, 0.3) is 0 Å². The predicted octanol–water partition coefficient (Wildman–Crippen LogP) is 3.55. The number of nitrogens with one attached hydrogen (secondary N) is 1. The average Bonchev–Trinajstić information content (AvgIpc) is 3.35. The molecule has 0 spiro atoms. The minimum Gasteiger partial charge on any atom is -0.493 e. The molecule has 3 atom stereocenters. The molecule has 0 saturated carbocycles. The van der Waals surface area contributed by atoms with Gasteiger partial charge in [0.1, 0.15) is 0 Å². The van der Waals surface area contributed by atoms with E-state index in [1.54, 1.807) is 14.2 Å². The van der Waals surface area contributed by atoms with Gasteiger partial charge in [-0.25, -0.2) is 0 Å². The Morgan fingerprint density at radius 3 is 2.68 bits per heavy atom. The topological polar surface area (TPSA) is 50.8 Å². The summed E-state index contributed by atoms with van der Waals surface area (Å²) in [4.78, 5) is 15.6. The molecule has 0 radical (unpaired) electrons. The summed E-state index contributed by atoms with van der Waals surface area (Å²) in [5.74, 6) is 1.53. The van der Waals surface area contributed by atoms with Crippen LogP contribution in [0.3, 0.4) is 0 Å². The van der Waals surface area contributed by atoms with E-state index in [4.69, 9.17) is 9.47 Å². The third kappa shape index (κ3) is 3.47. The van der Waals surface area contributed by atoms with E-state index in [2.05, 4.69) is 34.5 Å². The number of fused-ring (bicyclic) bond motifs is 1. The standard InChI is InChI=1S/C23H28N2O3/c1-27-21-12-6-10-17(22(21)28-2)15-24-23(26)18-14-20(16-8-4-3-5-9-16)25-13-7-11-19(18)25/h3-6,8-10,12,18-20H,7,11,13-15H2,1-2H3,(H,24,26)/t18-,19+,20-/m1/s1. The van der Waals surface area contributed by atoms with Crippen LogP contribution >= 0.6 is 0 Å². The number of hydrogen-bond acceptors (Lipinski definition) is 4. The Kier molecular flexibility index (Phi) is 5.53. The van der Waals surface area contributed by atoms with Gasteiger partial charge in [-0.1, -0.05) is 42.5 Å². The lowest BCUT2D eigenvalue weighted by Crippen LogP contribution is -2.37. The molecule has 2 aliphatic rings. The summed E-state index contributed by atoms with van der Waals surface area (Å²) in [5, 5.41) is 3.15. The van der Waals surface area contributed by atoms with Crippen LogP contribution in [0.4, 0.5) is 0 Å². The van der Waals surface area contributed by atoms with Crippen molar-refractivity contribution >= 4 is 5.91 Å². The fourth-order valence-electron chi connectivity index (χ4n) is 4.86. The summed E-state index contributed by atoms with van der Waals surface area (Å²) < 4.78 is 10.8. The molecule has 0 aliphatic carbocycles. The smallest absolute Gasteiger partial charge is 0.225 e. The summed E-state index contributed by atoms with van der Waals surface area (Å²) in [6.45, 7) is 1.52. The molecule has 0 unspecified atom stereocenters. The molecule has 0 bridgehead atoms. The molecular formula is C23H28N2O3. The van der Waals surface area contributed by atoms with Crippen LogP contribution in [-0.2, 0) is 11.3 Å². The third-order valence-electron chi connectivity index (χ3n) is 6.14. The highest BCUT2D eigenvalue weighted by molar-refractivity contribution is 5.80. The number of amides is 1. The number of ether oxygens (including phenoxy) is 2. The summed E-state index contributed by atoms with van der Waals surface area (Å²) in [6, 6.07) is 17.0. The summed E-state index contributed by atoms with van der Waals surface area (Å²) >= 11 is 0. The van der Waals surface area contributed by atoms with Crippen LogP contribution in [-0.4, -0.2) is 37.6 Å². The van der Waals surface area contributed by atoms with Crippen LogP contribution in [0.1, 0.15) is 36.4 Å². The number of para-hydroxylation sites is 1. The predicted molar refractivity (Wildman–Crippen MR) is 108 cm³/mol. The normalized spacial score (nSPS) is 24.0. The molecule has 0 aromatic heterocycles. The quantitative estimate of drug-likeness (QED) is 0.833. The van der Waals surface area contributed by atoms with Crippen LogP contribution in [0.2, 0.25) is 0 Å². The van der Waals surface area contributed by atoms with Crippen molar-refractivity contribution in [3.8, 4) is 11.5 Å². The van der Waals surface area contributed by atoms with Crippen molar-refractivity contribution in [2.45, 2.75) is 37.9 Å². The van der Waals surface area contributed by atoms with E-state index in [9.17, 15) is 4.79 Å². The van der Waals surface area contributed by atoms with Gasteiger partial charge in [-0.15, -0.1) is 0 Å². The van der Waals surface area contributed by atoms with E-state index in [0.29, 0.717) is 30.1 Å². The second-order valence-electron chi connectivity index (χ2n) is 7.59. The molecule has 2 saturated heterocycles. The van der Waals surface area contributed by atoms with Crippen molar-refractivity contribution in [1.82, 2.24) is 10.2 Å². The highest BCUT2D eigenvalue weighted by Crippen LogP contribution is 2.45. The number of methoxy groups -OCH3 is 2. The van der Waals surface area contributed by atoms with Crippen molar-refractivity contribution in [3.05, 3.63) is 59.7 Å². The highest BCUT2D eigenvalue weighted by Gasteiger charge is 2.46. The lowest BCUT2D eigenvalue weighted by atomic mass is 9.93. The second kappa shape index (κ2) is 8.23. The molecule has 2 aromatic carbocycles. The first kappa shape index (κ1) is 18.8. The van der Waals surface area contributed by atoms with Crippen LogP contribution in [0.5, 0.6) is 11.5 Å². The van der Waals surface area contributed by atoms with Gasteiger partial charge in [0.2, 0.25) is 5.91 Å². The SMILES string of the molecule is COc1cccc(CNC(=O)[C@@H]2C[C@H](c3ccccc3)N3CCC[C@@H]23)c1OC. The third-order valence-corrected chi connectivity index (χ3v) is 6.14. The second-order valence-corrected chi connectivity index (χ2v) is 7.59. The van der Waals surface area contributed by atoms with Gasteiger partial charge in [-0.3, -0.25) is 9.69 Å². The van der Waals surface area contributed by atoms with Crippen molar-refractivity contribution < 1.29 is 14.3 Å². The van der Waals surface area contributed by atoms with Crippen molar-refractivity contribution in [2.24, 2.45) is 5.92 Å². The Bertz CT molecular complexity index is 824. The van der Waals surface area contributed by atoms with Gasteiger partial charge < -0.3 is 14.8 Å². The van der Waals surface area contributed by atoms with E-state index in [-0.39, 0.29) is 11.8 Å². The Hall–Kier alpha value is -2.53. The highest BCUT2D eigenvalue weighted by atomic mass is 16.5. The minimum absolute atomic E-state index is 0.0318. The number of carbonyl (C=O) groups is 1. The fraction of sp³-hybridized carbons (Fsp3) is 0.435. The average molecular weight is 380 g/mol. The van der Waals surface area contributed by atoms with Crippen molar-refractivity contribution in [2.75, 3.05) is 20.8 Å². The zero-order valence-corrected chi connectivity index (χ0v) is 16.6. The zero-order chi connectivity index (χ0) is 19.5. The van der Waals surface area contributed by atoms with E-state index in [0.717, 1.165) is 24.9 Å². The molecule has 148 valence electrons. The van der Waals surface area contributed by atoms with Gasteiger partial charge in [-0.2, -0.15) is 0 Å². The first-order valence-electron chi connectivity index (χ1n) is 10.0. The van der Waals surface area contributed by atoms with E-state index in [1.807, 2.05) is 24.3 Å². The molecule has 5 nitrogen and oxygen atoms in total. The molecule has 1 N–H and O–H groups in total. The van der Waals surface area contributed by atoms with Gasteiger partial charge in [-0.05, 0) is 37.4 Å². The number of benzene rings is 2. The first-order valence-corrected chi connectivity index (χ1v) is 10.0. The van der Waals surface area contributed by atoms with Gasteiger partial charge >= 0.3 is 0 Å². The lowest BCUT2D eigenvalue weighted by molar-refractivity contribution is -0.125. The molecule has 2 aromatic rings. The number of nitrogens with zero attached hydrogens (tertiary/aromatic N) is 1. The van der Waals surface area contributed by atoms with Gasteiger partial charge in [0.25, 0.3) is 0 Å². The summed E-state index contributed by atoms with van der Waals surface area (Å²) in [6.07, 6.45) is 3.15. The Labute approximate surface area is 166 Å². The molecular weight excluding hydrogens is 352 g/mol. The molecule has 1 amide bonds. The Morgan fingerprint density at radius 1 is 1.11 bits per heavy atom. The minimum atomic E-state index is 0.0318. The largest absolute Gasteiger partial charge is 0.493 e. The van der Waals surface area contributed by atoms with Gasteiger partial charge in [0.15, 0.2) is 11.5 Å². The van der Waals surface area contributed by atoms with Gasteiger partial charge in [0, 0.05) is 24.2 Å². The number of rotatable bonds is 6. The van der Waals surface area contributed by atoms with E-state index in [1.165, 1.54) is 12.0 Å². The lowest BCUT2D eigenvalue weighted by Gasteiger charge is -2.24. The van der Waals surface area contributed by atoms with Crippen LogP contribution in [0, 0.1) is 5.92 Å². The molecule has 5 heteroatoms. The van der Waals surface area contributed by atoms with Crippen LogP contribution in [0.15, 0.2) is 48.5 Å². The molecule has 2 aliphatic heterocycles. The van der Waals surface area contributed by atoms with Crippen molar-refractivity contribution in [1.29, 1.82) is 0 Å². The molecule has 28 heavy (non-hydrogen) atoms. The zero-order valence-electron chi connectivity index (χ0n) is 16.6. The molecule has 2 fully saturated rings. The maximum absolute atomic E-state index is 13.1. The summed E-state index contributed by atoms with van der Waals surface area (Å²) in [7, 11) is 3.25. The van der Waals surface area contributed by atoms with E-state index < -0.39 is 0 Å². The number of carbonyl (C=O) groups excluding carboxylic acids is 1. The number of hydrogen-bond donors (Lipinski definition) is 1. The maximum atomic E-state index is 13.1. The first-order chi connectivity index (χ1) is 13.7. The fourth-order valence-corrected chi connectivity index (χ4v) is 4.86. The monoisotopic (exact) mass is 380 g/mol. The Balaban J connectivity index is 1.47. The summed E-state index contributed by atoms with van der Waals surface area (Å²) in [5.41, 5.74) is 2.25. The maximum Gasteiger partial charge on any atom is 0.225 e. The molecule has 4 rings (SSSR count). The molecule has 2 heterocycles. The van der Waals surface area contributed by atoms with Gasteiger partial charge in [0.05, 0.1) is 20.1 Å². The van der Waals surface area contributed by atoms with Crippen molar-refractivity contribution in [3.63, 3.8) is 0 Å². The van der Waals surface area contributed by atoms with E-state index >= 15 is 0 Å². The Morgan fingerprint density at radius 2 is 1.93 bits per heavy atom.